The standard InChI is InChI=1S/C24H23N7O/c1-2-22-28-23-19(24-26-15-27-29-24)12-17(30-7-9-32-10-8-30)13-21(23)31(22)18-11-16-5-3-4-6-20(16)25-14-18/h3-6,11-15H,2,7-10H2,1H3,(H,26,27,29). The summed E-state index contributed by atoms with van der Waals surface area (Å²) in [5, 5.41) is 8.20. The highest BCUT2D eigenvalue weighted by Gasteiger charge is 2.21. The maximum atomic E-state index is 5.57. The molecule has 32 heavy (non-hydrogen) atoms. The van der Waals surface area contributed by atoms with E-state index in [9.17, 15) is 0 Å². The second kappa shape index (κ2) is 7.72. The van der Waals surface area contributed by atoms with Crippen molar-refractivity contribution in [3.05, 3.63) is 60.8 Å². The molecular formula is C24H23N7O. The molecule has 1 saturated heterocycles. The molecule has 160 valence electrons. The molecule has 1 aliphatic heterocycles. The molecule has 0 aliphatic carbocycles. The van der Waals surface area contributed by atoms with Crippen LogP contribution in [-0.2, 0) is 11.2 Å². The van der Waals surface area contributed by atoms with Gasteiger partial charge < -0.3 is 9.64 Å². The zero-order valence-corrected chi connectivity index (χ0v) is 17.8. The van der Waals surface area contributed by atoms with E-state index in [1.165, 1.54) is 6.33 Å². The Bertz CT molecular complexity index is 1400. The second-order valence-electron chi connectivity index (χ2n) is 7.90. The lowest BCUT2D eigenvalue weighted by Gasteiger charge is -2.29. The average Bonchev–Trinajstić information content (AvgIpc) is 3.52. The number of aromatic nitrogens is 6. The summed E-state index contributed by atoms with van der Waals surface area (Å²) >= 11 is 0. The molecule has 0 saturated carbocycles. The van der Waals surface area contributed by atoms with E-state index >= 15 is 0 Å². The Balaban J connectivity index is 1.62. The van der Waals surface area contributed by atoms with Crippen molar-refractivity contribution < 1.29 is 4.74 Å². The summed E-state index contributed by atoms with van der Waals surface area (Å²) in [6, 6.07) is 14.7. The highest BCUT2D eigenvalue weighted by molar-refractivity contribution is 5.95. The van der Waals surface area contributed by atoms with Crippen LogP contribution in [0.5, 0.6) is 0 Å². The Morgan fingerprint density at radius 3 is 2.72 bits per heavy atom. The van der Waals surface area contributed by atoms with Crippen LogP contribution in [-0.4, -0.2) is 56.0 Å². The molecule has 1 fully saturated rings. The maximum absolute atomic E-state index is 5.57. The number of rotatable bonds is 4. The van der Waals surface area contributed by atoms with Crippen LogP contribution in [0.15, 0.2) is 55.0 Å². The minimum atomic E-state index is 0.717. The molecule has 1 N–H and O–H groups in total. The minimum Gasteiger partial charge on any atom is -0.378 e. The largest absolute Gasteiger partial charge is 0.378 e. The second-order valence-corrected chi connectivity index (χ2v) is 7.90. The molecule has 5 aromatic rings. The third-order valence-corrected chi connectivity index (χ3v) is 6.01. The van der Waals surface area contributed by atoms with E-state index in [0.717, 1.165) is 77.4 Å². The number of nitrogens with one attached hydrogen (secondary N) is 1. The van der Waals surface area contributed by atoms with Crippen LogP contribution in [0.25, 0.3) is 39.0 Å². The topological polar surface area (TPSA) is 84.8 Å². The first-order valence-electron chi connectivity index (χ1n) is 10.9. The van der Waals surface area contributed by atoms with Gasteiger partial charge in [-0.3, -0.25) is 14.6 Å². The van der Waals surface area contributed by atoms with Gasteiger partial charge in [0, 0.05) is 36.1 Å². The first kappa shape index (κ1) is 18.9. The van der Waals surface area contributed by atoms with Crippen LogP contribution >= 0.6 is 0 Å². The van der Waals surface area contributed by atoms with Gasteiger partial charge in [-0.2, -0.15) is 5.10 Å². The fourth-order valence-electron chi connectivity index (χ4n) is 4.44. The number of hydrogen-bond donors (Lipinski definition) is 1. The summed E-state index contributed by atoms with van der Waals surface area (Å²) in [6.07, 6.45) is 4.26. The molecule has 0 amide bonds. The van der Waals surface area contributed by atoms with E-state index in [0.29, 0.717) is 5.82 Å². The molecule has 0 bridgehead atoms. The lowest BCUT2D eigenvalue weighted by molar-refractivity contribution is 0.122. The van der Waals surface area contributed by atoms with Crippen LogP contribution < -0.4 is 4.90 Å². The molecule has 1 aliphatic rings. The summed E-state index contributed by atoms with van der Waals surface area (Å²) in [6.45, 7) is 5.29. The van der Waals surface area contributed by atoms with Crippen LogP contribution in [0.3, 0.4) is 0 Å². The lowest BCUT2D eigenvalue weighted by Crippen LogP contribution is -2.36. The van der Waals surface area contributed by atoms with Gasteiger partial charge >= 0.3 is 0 Å². The molecule has 3 aromatic heterocycles. The summed E-state index contributed by atoms with van der Waals surface area (Å²) < 4.78 is 7.79. The number of anilines is 1. The summed E-state index contributed by atoms with van der Waals surface area (Å²) in [5.74, 6) is 1.70. The first-order chi connectivity index (χ1) is 15.8. The zero-order valence-electron chi connectivity index (χ0n) is 17.8. The van der Waals surface area contributed by atoms with E-state index in [1.54, 1.807) is 0 Å². The Kier molecular flexibility index (Phi) is 4.57. The van der Waals surface area contributed by atoms with Crippen molar-refractivity contribution in [1.82, 2.24) is 29.7 Å². The highest BCUT2D eigenvalue weighted by atomic mass is 16.5. The number of H-pyrrole nitrogens is 1. The van der Waals surface area contributed by atoms with Gasteiger partial charge in [0.15, 0.2) is 5.82 Å². The van der Waals surface area contributed by atoms with Gasteiger partial charge in [-0.15, -0.1) is 0 Å². The van der Waals surface area contributed by atoms with E-state index < -0.39 is 0 Å². The fourth-order valence-corrected chi connectivity index (χ4v) is 4.44. The normalized spacial score (nSPS) is 14.5. The van der Waals surface area contributed by atoms with Crippen molar-refractivity contribution in [2.45, 2.75) is 13.3 Å². The number of hydrogen-bond acceptors (Lipinski definition) is 6. The number of aryl methyl sites for hydroxylation is 1. The Morgan fingerprint density at radius 2 is 1.91 bits per heavy atom. The Hall–Kier alpha value is -3.78. The van der Waals surface area contributed by atoms with Crippen LogP contribution in [0.1, 0.15) is 12.7 Å². The monoisotopic (exact) mass is 425 g/mol. The highest BCUT2D eigenvalue weighted by Crippen LogP contribution is 2.34. The quantitative estimate of drug-likeness (QED) is 0.472. The number of morpholine rings is 1. The van der Waals surface area contributed by atoms with Crippen molar-refractivity contribution >= 4 is 27.6 Å². The van der Waals surface area contributed by atoms with Gasteiger partial charge in [-0.25, -0.2) is 9.97 Å². The molecule has 4 heterocycles. The van der Waals surface area contributed by atoms with Gasteiger partial charge in [0.1, 0.15) is 17.7 Å². The molecule has 2 aromatic carbocycles. The summed E-state index contributed by atoms with van der Waals surface area (Å²) in [4.78, 5) is 16.5. The predicted molar refractivity (Wildman–Crippen MR) is 124 cm³/mol. The summed E-state index contributed by atoms with van der Waals surface area (Å²) in [7, 11) is 0. The maximum Gasteiger partial charge on any atom is 0.157 e. The predicted octanol–water partition coefficient (Wildman–Crippen LogP) is 3.76. The van der Waals surface area contributed by atoms with Gasteiger partial charge in [0.25, 0.3) is 0 Å². The van der Waals surface area contributed by atoms with Crippen molar-refractivity contribution in [2.75, 3.05) is 31.2 Å². The Morgan fingerprint density at radius 1 is 1.03 bits per heavy atom. The van der Waals surface area contributed by atoms with Crippen molar-refractivity contribution in [3.63, 3.8) is 0 Å². The van der Waals surface area contributed by atoms with Crippen LogP contribution in [0, 0.1) is 0 Å². The number of ether oxygens (including phenoxy) is 1. The third-order valence-electron chi connectivity index (χ3n) is 6.01. The molecule has 6 rings (SSSR count). The molecular weight excluding hydrogens is 402 g/mol. The SMILES string of the molecule is CCc1nc2c(-c3ncn[nH]3)cc(N3CCOCC3)cc2n1-c1cnc2ccccc2c1. The number of aromatic amines is 1. The molecule has 0 unspecified atom stereocenters. The van der Waals surface area contributed by atoms with E-state index in [-0.39, 0.29) is 0 Å². The molecule has 0 radical (unpaired) electrons. The molecule has 0 atom stereocenters. The molecule has 8 nitrogen and oxygen atoms in total. The third kappa shape index (κ3) is 3.11. The van der Waals surface area contributed by atoms with E-state index in [2.05, 4.69) is 55.8 Å². The molecule has 8 heteroatoms. The zero-order chi connectivity index (χ0) is 21.5. The van der Waals surface area contributed by atoms with Crippen LogP contribution in [0.2, 0.25) is 0 Å². The average molecular weight is 425 g/mol. The van der Waals surface area contributed by atoms with Gasteiger partial charge in [0.05, 0.1) is 36.1 Å². The smallest absolute Gasteiger partial charge is 0.157 e. The first-order valence-corrected chi connectivity index (χ1v) is 10.9. The van der Waals surface area contributed by atoms with Crippen LogP contribution in [0.4, 0.5) is 5.69 Å². The van der Waals surface area contributed by atoms with Crippen molar-refractivity contribution in [2.24, 2.45) is 0 Å². The van der Waals surface area contributed by atoms with E-state index in [1.807, 2.05) is 24.4 Å². The van der Waals surface area contributed by atoms with E-state index in [4.69, 9.17) is 14.7 Å². The minimum absolute atomic E-state index is 0.717. The van der Waals surface area contributed by atoms with Gasteiger partial charge in [-0.1, -0.05) is 25.1 Å². The number of para-hydroxylation sites is 1. The number of benzene rings is 2. The Labute approximate surface area is 184 Å². The number of pyridine rings is 1. The summed E-state index contributed by atoms with van der Waals surface area (Å²) in [5.41, 5.74) is 6.01. The van der Waals surface area contributed by atoms with Gasteiger partial charge in [0.2, 0.25) is 0 Å². The number of nitrogens with zero attached hydrogens (tertiary/aromatic N) is 6. The van der Waals surface area contributed by atoms with Gasteiger partial charge in [-0.05, 0) is 24.3 Å². The lowest BCUT2D eigenvalue weighted by atomic mass is 10.1. The van der Waals surface area contributed by atoms with Crippen molar-refractivity contribution in [1.29, 1.82) is 0 Å². The van der Waals surface area contributed by atoms with Crippen molar-refractivity contribution in [3.8, 4) is 17.1 Å². The number of imidazole rings is 1. The fraction of sp³-hybridized carbons (Fsp3) is 0.250. The molecule has 0 spiro atoms. The number of fused-ring (bicyclic) bond motifs is 2.